The number of hydrogen-bond acceptors (Lipinski definition) is 4. The number of carbonyl (C=O) groups excluding carboxylic acids is 1. The van der Waals surface area contributed by atoms with Crippen molar-refractivity contribution >= 4 is 11.7 Å². The Balaban J connectivity index is 1.81. The van der Waals surface area contributed by atoms with E-state index in [1.807, 2.05) is 19.1 Å². The van der Waals surface area contributed by atoms with Crippen molar-refractivity contribution < 1.29 is 9.18 Å². The van der Waals surface area contributed by atoms with E-state index in [1.165, 1.54) is 19.1 Å². The highest BCUT2D eigenvalue weighted by atomic mass is 19.1. The van der Waals surface area contributed by atoms with E-state index in [0.29, 0.717) is 11.3 Å². The predicted molar refractivity (Wildman–Crippen MR) is 91.2 cm³/mol. The number of hydrogen-bond donors (Lipinski definition) is 1. The van der Waals surface area contributed by atoms with Crippen LogP contribution >= 0.6 is 0 Å². The second kappa shape index (κ2) is 6.95. The van der Waals surface area contributed by atoms with E-state index >= 15 is 0 Å². The van der Waals surface area contributed by atoms with Crippen molar-refractivity contribution in [1.82, 2.24) is 15.5 Å². The maximum Gasteiger partial charge on any atom is 0.217 e. The van der Waals surface area contributed by atoms with Crippen LogP contribution in [0.5, 0.6) is 0 Å². The van der Waals surface area contributed by atoms with Gasteiger partial charge in [-0.3, -0.25) is 4.79 Å². The van der Waals surface area contributed by atoms with Crippen LogP contribution < -0.4 is 10.2 Å². The van der Waals surface area contributed by atoms with Gasteiger partial charge < -0.3 is 10.2 Å². The van der Waals surface area contributed by atoms with Gasteiger partial charge in [0, 0.05) is 31.6 Å². The Hall–Kier alpha value is -2.50. The van der Waals surface area contributed by atoms with Gasteiger partial charge in [-0.2, -0.15) is 0 Å². The number of carbonyl (C=O) groups is 1. The average molecular weight is 328 g/mol. The summed E-state index contributed by atoms with van der Waals surface area (Å²) in [6, 6.07) is 8.42. The molecule has 0 unspecified atom stereocenters. The first kappa shape index (κ1) is 16.4. The number of aromatic nitrogens is 2. The summed E-state index contributed by atoms with van der Waals surface area (Å²) in [5, 5.41) is 11.6. The zero-order valence-corrected chi connectivity index (χ0v) is 13.9. The Morgan fingerprint density at radius 3 is 2.88 bits per heavy atom. The summed E-state index contributed by atoms with van der Waals surface area (Å²) in [6.45, 7) is 5.14. The molecule has 1 amide bonds. The lowest BCUT2D eigenvalue weighted by molar-refractivity contribution is -0.119. The van der Waals surface area contributed by atoms with E-state index in [2.05, 4.69) is 20.4 Å². The van der Waals surface area contributed by atoms with Gasteiger partial charge in [0.2, 0.25) is 5.91 Å². The van der Waals surface area contributed by atoms with Gasteiger partial charge in [-0.05, 0) is 43.5 Å². The zero-order valence-electron chi connectivity index (χ0n) is 13.9. The van der Waals surface area contributed by atoms with Gasteiger partial charge >= 0.3 is 0 Å². The molecule has 1 aliphatic rings. The fourth-order valence-corrected chi connectivity index (χ4v) is 3.15. The number of amides is 1. The molecule has 1 fully saturated rings. The van der Waals surface area contributed by atoms with Crippen molar-refractivity contribution in [3.63, 3.8) is 0 Å². The van der Waals surface area contributed by atoms with E-state index < -0.39 is 0 Å². The summed E-state index contributed by atoms with van der Waals surface area (Å²) in [5.74, 6) is 0.529. The minimum atomic E-state index is -0.287. The van der Waals surface area contributed by atoms with Crippen LogP contribution in [-0.2, 0) is 4.79 Å². The van der Waals surface area contributed by atoms with Crippen LogP contribution in [0.3, 0.4) is 0 Å². The lowest BCUT2D eigenvalue weighted by Crippen LogP contribution is -2.47. The molecule has 1 atom stereocenters. The number of rotatable bonds is 3. The highest BCUT2D eigenvalue weighted by Crippen LogP contribution is 2.25. The Morgan fingerprint density at radius 2 is 2.17 bits per heavy atom. The first-order chi connectivity index (χ1) is 11.5. The monoisotopic (exact) mass is 328 g/mol. The van der Waals surface area contributed by atoms with Crippen LogP contribution in [0, 0.1) is 12.7 Å². The van der Waals surface area contributed by atoms with Crippen LogP contribution in [-0.4, -0.2) is 35.2 Å². The molecular formula is C18H21FN4O. The Kier molecular flexibility index (Phi) is 4.74. The van der Waals surface area contributed by atoms with Crippen LogP contribution in [0.25, 0.3) is 11.3 Å². The molecule has 24 heavy (non-hydrogen) atoms. The number of piperidine rings is 1. The van der Waals surface area contributed by atoms with Gasteiger partial charge in [0.15, 0.2) is 5.82 Å². The third kappa shape index (κ3) is 3.69. The first-order valence-electron chi connectivity index (χ1n) is 8.15. The highest BCUT2D eigenvalue weighted by Gasteiger charge is 2.23. The summed E-state index contributed by atoms with van der Waals surface area (Å²) in [7, 11) is 0. The van der Waals surface area contributed by atoms with Crippen LogP contribution in [0.1, 0.15) is 25.3 Å². The molecule has 1 aliphatic heterocycles. The maximum absolute atomic E-state index is 13.4. The molecule has 1 N–H and O–H groups in total. The number of anilines is 1. The molecule has 126 valence electrons. The van der Waals surface area contributed by atoms with Gasteiger partial charge in [-0.1, -0.05) is 12.1 Å². The van der Waals surface area contributed by atoms with E-state index in [9.17, 15) is 9.18 Å². The SMILES string of the molecule is CC(=O)N[C@@H]1CCCN(c2nnc(-c3cccc(F)c3)cc2C)C1. The molecule has 0 saturated carbocycles. The minimum Gasteiger partial charge on any atom is -0.353 e. The molecule has 1 aromatic heterocycles. The number of benzene rings is 1. The summed E-state index contributed by atoms with van der Waals surface area (Å²) >= 11 is 0. The first-order valence-corrected chi connectivity index (χ1v) is 8.15. The Morgan fingerprint density at radius 1 is 1.33 bits per heavy atom. The molecule has 2 aromatic rings. The maximum atomic E-state index is 13.4. The molecule has 5 nitrogen and oxygen atoms in total. The highest BCUT2D eigenvalue weighted by molar-refractivity contribution is 5.73. The van der Waals surface area contributed by atoms with Crippen molar-refractivity contribution in [2.24, 2.45) is 0 Å². The number of halogens is 1. The van der Waals surface area contributed by atoms with Gasteiger partial charge in [0.05, 0.1) is 5.69 Å². The minimum absolute atomic E-state index is 0.00823. The van der Waals surface area contributed by atoms with Crippen molar-refractivity contribution in [2.45, 2.75) is 32.7 Å². The number of nitrogens with zero attached hydrogens (tertiary/aromatic N) is 3. The molecular weight excluding hydrogens is 307 g/mol. The predicted octanol–water partition coefficient (Wildman–Crippen LogP) is 2.70. The number of aryl methyl sites for hydroxylation is 1. The van der Waals surface area contributed by atoms with Gasteiger partial charge in [0.25, 0.3) is 0 Å². The fourth-order valence-electron chi connectivity index (χ4n) is 3.15. The Bertz CT molecular complexity index is 750. The van der Waals surface area contributed by atoms with Gasteiger partial charge in [-0.25, -0.2) is 4.39 Å². The van der Waals surface area contributed by atoms with E-state index in [1.54, 1.807) is 6.07 Å². The topological polar surface area (TPSA) is 58.1 Å². The third-order valence-electron chi connectivity index (χ3n) is 4.21. The summed E-state index contributed by atoms with van der Waals surface area (Å²) < 4.78 is 13.4. The van der Waals surface area contributed by atoms with Crippen molar-refractivity contribution in [2.75, 3.05) is 18.0 Å². The van der Waals surface area contributed by atoms with Crippen molar-refractivity contribution in [3.8, 4) is 11.3 Å². The number of nitrogens with one attached hydrogen (secondary N) is 1. The molecule has 0 bridgehead atoms. The molecule has 1 aromatic carbocycles. The molecule has 0 aliphatic carbocycles. The molecule has 1 saturated heterocycles. The Labute approximate surface area is 140 Å². The molecule has 0 radical (unpaired) electrons. The van der Waals surface area contributed by atoms with Crippen LogP contribution in [0.15, 0.2) is 30.3 Å². The lowest BCUT2D eigenvalue weighted by Gasteiger charge is -2.34. The van der Waals surface area contributed by atoms with Crippen LogP contribution in [0.2, 0.25) is 0 Å². The lowest BCUT2D eigenvalue weighted by atomic mass is 10.0. The molecule has 2 heterocycles. The zero-order chi connectivity index (χ0) is 17.1. The smallest absolute Gasteiger partial charge is 0.217 e. The summed E-state index contributed by atoms with van der Waals surface area (Å²) in [5.41, 5.74) is 2.37. The van der Waals surface area contributed by atoms with Gasteiger partial charge in [0.1, 0.15) is 5.82 Å². The quantitative estimate of drug-likeness (QED) is 0.941. The van der Waals surface area contributed by atoms with Crippen molar-refractivity contribution in [3.05, 3.63) is 41.7 Å². The van der Waals surface area contributed by atoms with E-state index in [-0.39, 0.29) is 17.8 Å². The molecule has 0 spiro atoms. The largest absolute Gasteiger partial charge is 0.353 e. The second-order valence-electron chi connectivity index (χ2n) is 6.23. The second-order valence-corrected chi connectivity index (χ2v) is 6.23. The normalized spacial score (nSPS) is 17.6. The van der Waals surface area contributed by atoms with E-state index in [4.69, 9.17) is 0 Å². The van der Waals surface area contributed by atoms with Gasteiger partial charge in [-0.15, -0.1) is 10.2 Å². The third-order valence-corrected chi connectivity index (χ3v) is 4.21. The van der Waals surface area contributed by atoms with E-state index in [0.717, 1.165) is 37.3 Å². The van der Waals surface area contributed by atoms with Crippen molar-refractivity contribution in [1.29, 1.82) is 0 Å². The average Bonchev–Trinajstić information content (AvgIpc) is 2.54. The molecule has 3 rings (SSSR count). The molecule has 6 heteroatoms. The summed E-state index contributed by atoms with van der Waals surface area (Å²) in [6.07, 6.45) is 1.97. The fraction of sp³-hybridized carbons (Fsp3) is 0.389. The summed E-state index contributed by atoms with van der Waals surface area (Å²) in [4.78, 5) is 13.4. The standard InChI is InChI=1S/C18H21FN4O/c1-12-9-17(14-5-3-6-15(19)10-14)21-22-18(12)23-8-4-7-16(11-23)20-13(2)24/h3,5-6,9-10,16H,4,7-8,11H2,1-2H3,(H,20,24)/t16-/m1/s1. The van der Waals surface area contributed by atoms with Crippen LogP contribution in [0.4, 0.5) is 10.2 Å².